The Balaban J connectivity index is 2.47. The van der Waals surface area contributed by atoms with Crippen LogP contribution in [0.3, 0.4) is 0 Å². The number of rotatable bonds is 5. The van der Waals surface area contributed by atoms with Gasteiger partial charge in [-0.2, -0.15) is 18.3 Å². The number of alkyl halides is 3. The fraction of sp³-hybridized carbons (Fsp3) is 0.625. The largest absolute Gasteiger partial charge is 0.389 e. The van der Waals surface area contributed by atoms with Crippen LogP contribution in [0.15, 0.2) is 6.07 Å². The molecule has 1 rings (SSSR count). The molecule has 0 aliphatic heterocycles. The van der Waals surface area contributed by atoms with Crippen molar-refractivity contribution in [2.24, 2.45) is 0 Å². The Kier molecular flexibility index (Phi) is 4.02. The number of aromatic nitrogens is 2. The van der Waals surface area contributed by atoms with Crippen LogP contribution in [0.5, 0.6) is 0 Å². The van der Waals surface area contributed by atoms with Crippen molar-refractivity contribution in [3.63, 3.8) is 0 Å². The van der Waals surface area contributed by atoms with Crippen molar-refractivity contribution < 1.29 is 21.6 Å². The number of aryl methyl sites for hydroxylation is 1. The number of aromatic amines is 1. The summed E-state index contributed by atoms with van der Waals surface area (Å²) in [6, 6.07) is 1.45. The number of H-pyrrole nitrogens is 1. The van der Waals surface area contributed by atoms with Gasteiger partial charge in [0.05, 0.1) is 5.75 Å². The van der Waals surface area contributed by atoms with Gasteiger partial charge in [-0.15, -0.1) is 0 Å². The molecule has 0 fully saturated rings. The second-order valence-corrected chi connectivity index (χ2v) is 5.42. The molecule has 0 radical (unpaired) electrons. The molecule has 0 atom stereocenters. The van der Waals surface area contributed by atoms with Crippen LogP contribution in [0, 0.1) is 6.92 Å². The van der Waals surface area contributed by atoms with Gasteiger partial charge in [0, 0.05) is 18.2 Å². The third kappa shape index (κ3) is 5.57. The fourth-order valence-corrected chi connectivity index (χ4v) is 2.19. The molecule has 9 heteroatoms. The third-order valence-corrected chi connectivity index (χ3v) is 3.19. The predicted molar refractivity (Wildman–Crippen MR) is 56.0 cm³/mol. The Morgan fingerprint density at radius 3 is 2.59 bits per heavy atom. The number of nitrogens with one attached hydrogen (secondary N) is 2. The highest BCUT2D eigenvalue weighted by Gasteiger charge is 2.27. The monoisotopic (exact) mass is 271 g/mol. The van der Waals surface area contributed by atoms with Crippen LogP contribution in [0.4, 0.5) is 19.0 Å². The topological polar surface area (TPSA) is 74.8 Å². The predicted octanol–water partition coefficient (Wildman–Crippen LogP) is 1.80. The molecular formula is C8H12F3N3O2S. The van der Waals surface area contributed by atoms with Gasteiger partial charge in [0.2, 0.25) is 10.0 Å². The Morgan fingerprint density at radius 2 is 2.12 bits per heavy atom. The number of hydrogen-bond acceptors (Lipinski definition) is 3. The molecule has 0 aliphatic carbocycles. The Bertz CT molecular complexity index is 467. The molecular weight excluding hydrogens is 259 g/mol. The minimum atomic E-state index is -4.33. The first kappa shape index (κ1) is 13.8. The lowest BCUT2D eigenvalue weighted by Gasteiger charge is -2.07. The van der Waals surface area contributed by atoms with E-state index in [1.807, 2.05) is 0 Å². The van der Waals surface area contributed by atoms with Gasteiger partial charge in [-0.3, -0.25) is 9.82 Å². The first-order valence-electron chi connectivity index (χ1n) is 4.77. The zero-order chi connectivity index (χ0) is 13.1. The second kappa shape index (κ2) is 4.94. The molecule has 0 unspecified atom stereocenters. The number of halogens is 3. The lowest BCUT2D eigenvalue weighted by atomic mass is 10.3. The standard InChI is InChI=1S/C8H12F3N3O2S/c1-6-5-7(13-12-6)14-17(15,16)4-2-3-8(9,10)11/h5H,2-4H2,1H3,(H2,12,13,14). The summed E-state index contributed by atoms with van der Waals surface area (Å²) in [6.07, 6.45) is -5.92. The van der Waals surface area contributed by atoms with E-state index in [9.17, 15) is 21.6 Å². The van der Waals surface area contributed by atoms with Crippen molar-refractivity contribution in [2.75, 3.05) is 10.5 Å². The van der Waals surface area contributed by atoms with E-state index in [0.29, 0.717) is 5.69 Å². The van der Waals surface area contributed by atoms with E-state index in [4.69, 9.17) is 0 Å². The van der Waals surface area contributed by atoms with Gasteiger partial charge < -0.3 is 0 Å². The van der Waals surface area contributed by atoms with Crippen molar-refractivity contribution in [3.05, 3.63) is 11.8 Å². The molecule has 0 saturated carbocycles. The van der Waals surface area contributed by atoms with E-state index in [-0.39, 0.29) is 5.82 Å². The molecule has 0 aliphatic rings. The van der Waals surface area contributed by atoms with E-state index in [1.54, 1.807) is 6.92 Å². The molecule has 1 aromatic rings. The summed E-state index contributed by atoms with van der Waals surface area (Å²) in [4.78, 5) is 0. The molecule has 5 nitrogen and oxygen atoms in total. The lowest BCUT2D eigenvalue weighted by Crippen LogP contribution is -2.19. The van der Waals surface area contributed by atoms with E-state index in [1.165, 1.54) is 6.07 Å². The molecule has 0 saturated heterocycles. The number of sulfonamides is 1. The molecule has 0 spiro atoms. The molecule has 1 aromatic heterocycles. The van der Waals surface area contributed by atoms with Gasteiger partial charge >= 0.3 is 6.18 Å². The van der Waals surface area contributed by atoms with Crippen molar-refractivity contribution >= 4 is 15.8 Å². The summed E-state index contributed by atoms with van der Waals surface area (Å²) in [7, 11) is -3.78. The van der Waals surface area contributed by atoms with Crippen molar-refractivity contribution in [1.29, 1.82) is 0 Å². The molecule has 17 heavy (non-hydrogen) atoms. The van der Waals surface area contributed by atoms with Crippen molar-refractivity contribution in [3.8, 4) is 0 Å². The fourth-order valence-electron chi connectivity index (χ4n) is 1.14. The van der Waals surface area contributed by atoms with Gasteiger partial charge in [-0.25, -0.2) is 8.42 Å². The smallest absolute Gasteiger partial charge is 0.281 e. The normalized spacial score (nSPS) is 12.7. The third-order valence-electron chi connectivity index (χ3n) is 1.84. The van der Waals surface area contributed by atoms with Gasteiger partial charge in [0.15, 0.2) is 5.82 Å². The zero-order valence-corrected chi connectivity index (χ0v) is 9.82. The molecule has 0 amide bonds. The first-order valence-corrected chi connectivity index (χ1v) is 6.42. The summed E-state index contributed by atoms with van der Waals surface area (Å²) in [6.45, 7) is 1.68. The minimum Gasteiger partial charge on any atom is -0.281 e. The van der Waals surface area contributed by atoms with Crippen molar-refractivity contribution in [1.82, 2.24) is 10.2 Å². The second-order valence-electron chi connectivity index (χ2n) is 3.58. The molecule has 2 N–H and O–H groups in total. The summed E-state index contributed by atoms with van der Waals surface area (Å²) in [5.41, 5.74) is 0.651. The molecule has 98 valence electrons. The minimum absolute atomic E-state index is 0.0782. The van der Waals surface area contributed by atoms with Gasteiger partial charge in [0.1, 0.15) is 0 Å². The highest BCUT2D eigenvalue weighted by atomic mass is 32.2. The average Bonchev–Trinajstić information content (AvgIpc) is 2.47. The zero-order valence-electron chi connectivity index (χ0n) is 9.00. The van der Waals surface area contributed by atoms with Crippen LogP contribution >= 0.6 is 0 Å². The van der Waals surface area contributed by atoms with Crippen LogP contribution in [0.1, 0.15) is 18.5 Å². The van der Waals surface area contributed by atoms with Gasteiger partial charge in [-0.05, 0) is 13.3 Å². The molecule has 0 bridgehead atoms. The lowest BCUT2D eigenvalue weighted by molar-refractivity contribution is -0.134. The van der Waals surface area contributed by atoms with Crippen LogP contribution in [-0.2, 0) is 10.0 Å². The highest BCUT2D eigenvalue weighted by Crippen LogP contribution is 2.21. The van der Waals surface area contributed by atoms with E-state index >= 15 is 0 Å². The maximum atomic E-state index is 11.8. The van der Waals surface area contributed by atoms with E-state index in [0.717, 1.165) is 0 Å². The van der Waals surface area contributed by atoms with Crippen molar-refractivity contribution in [2.45, 2.75) is 25.9 Å². The number of hydrogen-bond donors (Lipinski definition) is 2. The average molecular weight is 271 g/mol. The Labute approximate surface area is 96.5 Å². The summed E-state index contributed by atoms with van der Waals surface area (Å²) >= 11 is 0. The molecule has 0 aromatic carbocycles. The van der Waals surface area contributed by atoms with E-state index in [2.05, 4.69) is 14.9 Å². The summed E-state index contributed by atoms with van der Waals surface area (Å²) < 4.78 is 60.3. The highest BCUT2D eigenvalue weighted by molar-refractivity contribution is 7.92. The van der Waals surface area contributed by atoms with Crippen LogP contribution < -0.4 is 4.72 Å². The molecule has 1 heterocycles. The maximum Gasteiger partial charge on any atom is 0.389 e. The quantitative estimate of drug-likeness (QED) is 0.857. The maximum absolute atomic E-state index is 11.8. The summed E-state index contributed by atoms with van der Waals surface area (Å²) in [5, 5.41) is 6.13. The van der Waals surface area contributed by atoms with Crippen LogP contribution in [0.25, 0.3) is 0 Å². The Hall–Kier alpha value is -1.25. The van der Waals surface area contributed by atoms with Crippen LogP contribution in [-0.4, -0.2) is 30.5 Å². The summed E-state index contributed by atoms with van der Waals surface area (Å²) in [5.74, 6) is -0.507. The van der Waals surface area contributed by atoms with Crippen LogP contribution in [0.2, 0.25) is 0 Å². The van der Waals surface area contributed by atoms with Gasteiger partial charge in [0.25, 0.3) is 0 Å². The number of anilines is 1. The Morgan fingerprint density at radius 1 is 1.47 bits per heavy atom. The SMILES string of the molecule is Cc1cc(NS(=O)(=O)CCCC(F)(F)F)n[nH]1. The number of nitrogens with zero attached hydrogens (tertiary/aromatic N) is 1. The van der Waals surface area contributed by atoms with Gasteiger partial charge in [-0.1, -0.05) is 0 Å². The first-order chi connectivity index (χ1) is 7.68. The van der Waals surface area contributed by atoms with E-state index < -0.39 is 34.8 Å².